The molecule has 8 heteroatoms. The highest BCUT2D eigenvalue weighted by Gasteiger charge is 2.14. The third kappa shape index (κ3) is 2.79. The molecule has 0 radical (unpaired) electrons. The molecule has 0 spiro atoms. The Hall–Kier alpha value is -3.00. The minimum absolute atomic E-state index is 0.0699. The van der Waals surface area contributed by atoms with Crippen LogP contribution in [0, 0.1) is 6.92 Å². The lowest BCUT2D eigenvalue weighted by Gasteiger charge is -1.99. The highest BCUT2D eigenvalue weighted by molar-refractivity contribution is 7.09. The van der Waals surface area contributed by atoms with Crippen LogP contribution >= 0.6 is 11.3 Å². The molecule has 0 atom stereocenters. The van der Waals surface area contributed by atoms with Crippen LogP contribution in [0.25, 0.3) is 22.5 Å². The summed E-state index contributed by atoms with van der Waals surface area (Å²) in [6, 6.07) is 7.90. The molecule has 0 bridgehead atoms. The van der Waals surface area contributed by atoms with Gasteiger partial charge < -0.3 is 9.40 Å². The second-order valence-electron chi connectivity index (χ2n) is 5.25. The maximum atomic E-state index is 12.2. The second-order valence-corrected chi connectivity index (χ2v) is 6.31. The molecule has 3 aromatic heterocycles. The van der Waals surface area contributed by atoms with E-state index in [4.69, 9.17) is 4.42 Å². The highest BCUT2D eigenvalue weighted by Crippen LogP contribution is 2.22. The Morgan fingerprint density at radius 3 is 3.04 bits per heavy atom. The van der Waals surface area contributed by atoms with Crippen molar-refractivity contribution < 1.29 is 9.21 Å². The van der Waals surface area contributed by atoms with Gasteiger partial charge >= 0.3 is 6.01 Å². The van der Waals surface area contributed by atoms with E-state index < -0.39 is 0 Å². The number of nitrogens with zero attached hydrogens (tertiary/aromatic N) is 3. The molecule has 2 N–H and O–H groups in total. The monoisotopic (exact) mass is 339 g/mol. The molecule has 0 saturated carbocycles. The lowest BCUT2D eigenvalue weighted by Crippen LogP contribution is -2.14. The van der Waals surface area contributed by atoms with Crippen LogP contribution in [0.4, 0.5) is 6.01 Å². The molecule has 3 heterocycles. The molecule has 1 aromatic carbocycles. The molecule has 24 heavy (non-hydrogen) atoms. The molecule has 0 fully saturated rings. The van der Waals surface area contributed by atoms with Crippen molar-refractivity contribution >= 4 is 34.2 Å². The number of carbonyl (C=O) groups excluding carboxylic acids is 1. The number of aromatic nitrogens is 4. The standard InChI is InChI=1S/C16H13N5O2S/c1-9-18-13(8-24-9)15-20-21-16(23-15)19-14(22)6-10-7-17-12-5-3-2-4-11(10)12/h2-5,7-8,17H,6H2,1H3,(H,19,21,22). The normalized spacial score (nSPS) is 11.0. The van der Waals surface area contributed by atoms with Crippen LogP contribution < -0.4 is 5.32 Å². The van der Waals surface area contributed by atoms with Gasteiger partial charge in [0.25, 0.3) is 5.89 Å². The Morgan fingerprint density at radius 1 is 1.33 bits per heavy atom. The topological polar surface area (TPSA) is 96.7 Å². The lowest BCUT2D eigenvalue weighted by atomic mass is 10.1. The van der Waals surface area contributed by atoms with E-state index in [0.717, 1.165) is 21.5 Å². The lowest BCUT2D eigenvalue weighted by molar-refractivity contribution is -0.115. The minimum atomic E-state index is -0.218. The molecule has 0 aliphatic heterocycles. The van der Waals surface area contributed by atoms with Gasteiger partial charge in [0.15, 0.2) is 0 Å². The average molecular weight is 339 g/mol. The average Bonchev–Trinajstić information content (AvgIpc) is 3.28. The van der Waals surface area contributed by atoms with Crippen LogP contribution in [0.1, 0.15) is 10.6 Å². The molecule has 4 aromatic rings. The first-order valence-corrected chi connectivity index (χ1v) is 8.18. The number of carbonyl (C=O) groups is 1. The fourth-order valence-electron chi connectivity index (χ4n) is 2.45. The summed E-state index contributed by atoms with van der Waals surface area (Å²) < 4.78 is 5.44. The molecule has 0 saturated heterocycles. The van der Waals surface area contributed by atoms with Crippen LogP contribution in [-0.2, 0) is 11.2 Å². The smallest absolute Gasteiger partial charge is 0.322 e. The van der Waals surface area contributed by atoms with E-state index in [9.17, 15) is 4.79 Å². The molecular weight excluding hydrogens is 326 g/mol. The van der Waals surface area contributed by atoms with Gasteiger partial charge in [0.2, 0.25) is 5.91 Å². The van der Waals surface area contributed by atoms with E-state index in [1.54, 1.807) is 0 Å². The molecule has 120 valence electrons. The third-order valence-corrected chi connectivity index (χ3v) is 4.31. The van der Waals surface area contributed by atoms with E-state index >= 15 is 0 Å². The number of aryl methyl sites for hydroxylation is 1. The van der Waals surface area contributed by atoms with Crippen LogP contribution in [-0.4, -0.2) is 26.1 Å². The molecule has 0 aliphatic rings. The van der Waals surface area contributed by atoms with Crippen LogP contribution in [0.2, 0.25) is 0 Å². The summed E-state index contributed by atoms with van der Waals surface area (Å²) >= 11 is 1.50. The van der Waals surface area contributed by atoms with Gasteiger partial charge in [-0.2, -0.15) is 0 Å². The number of H-pyrrole nitrogens is 1. The number of hydrogen-bond acceptors (Lipinski definition) is 6. The SMILES string of the molecule is Cc1nc(-c2nnc(NC(=O)Cc3c[nH]c4ccccc34)o2)cs1. The van der Waals surface area contributed by atoms with Gasteiger partial charge in [0.1, 0.15) is 5.69 Å². The Kier molecular flexibility index (Phi) is 3.58. The summed E-state index contributed by atoms with van der Waals surface area (Å²) in [5.41, 5.74) is 2.53. The number of hydrogen-bond donors (Lipinski definition) is 2. The first-order valence-electron chi connectivity index (χ1n) is 7.30. The van der Waals surface area contributed by atoms with E-state index in [1.165, 1.54) is 11.3 Å². The van der Waals surface area contributed by atoms with Crippen molar-refractivity contribution in [2.45, 2.75) is 13.3 Å². The van der Waals surface area contributed by atoms with Crippen molar-refractivity contribution in [2.75, 3.05) is 5.32 Å². The number of rotatable bonds is 4. The largest absolute Gasteiger partial charge is 0.401 e. The summed E-state index contributed by atoms with van der Waals surface area (Å²) in [6.07, 6.45) is 2.05. The predicted molar refractivity (Wildman–Crippen MR) is 90.8 cm³/mol. The Bertz CT molecular complexity index is 1020. The Morgan fingerprint density at radius 2 is 2.21 bits per heavy atom. The fourth-order valence-corrected chi connectivity index (χ4v) is 3.04. The number of nitrogens with one attached hydrogen (secondary N) is 2. The highest BCUT2D eigenvalue weighted by atomic mass is 32.1. The zero-order chi connectivity index (χ0) is 16.5. The van der Waals surface area contributed by atoms with Crippen molar-refractivity contribution in [1.29, 1.82) is 0 Å². The Labute approximate surface area is 140 Å². The number of fused-ring (bicyclic) bond motifs is 1. The number of aromatic amines is 1. The number of benzene rings is 1. The zero-order valence-corrected chi connectivity index (χ0v) is 13.6. The van der Waals surface area contributed by atoms with E-state index in [-0.39, 0.29) is 18.3 Å². The summed E-state index contributed by atoms with van der Waals surface area (Å²) in [5.74, 6) is 0.0751. The van der Waals surface area contributed by atoms with Crippen molar-refractivity contribution in [3.63, 3.8) is 0 Å². The van der Waals surface area contributed by atoms with Gasteiger partial charge in [-0.3, -0.25) is 10.1 Å². The predicted octanol–water partition coefficient (Wildman–Crippen LogP) is 3.16. The van der Waals surface area contributed by atoms with Gasteiger partial charge in [-0.15, -0.1) is 16.4 Å². The van der Waals surface area contributed by atoms with Gasteiger partial charge in [-0.25, -0.2) is 4.98 Å². The zero-order valence-electron chi connectivity index (χ0n) is 12.7. The van der Waals surface area contributed by atoms with Crippen molar-refractivity contribution in [1.82, 2.24) is 20.2 Å². The first kappa shape index (κ1) is 14.6. The van der Waals surface area contributed by atoms with Crippen LogP contribution in [0.15, 0.2) is 40.3 Å². The van der Waals surface area contributed by atoms with Crippen molar-refractivity contribution in [3.8, 4) is 11.6 Å². The summed E-state index contributed by atoms with van der Waals surface area (Å²) in [7, 11) is 0. The van der Waals surface area contributed by atoms with Gasteiger partial charge in [-0.05, 0) is 18.6 Å². The quantitative estimate of drug-likeness (QED) is 0.595. The summed E-state index contributed by atoms with van der Waals surface area (Å²) in [5, 5.41) is 14.1. The van der Waals surface area contributed by atoms with Gasteiger partial charge in [-0.1, -0.05) is 23.3 Å². The van der Waals surface area contributed by atoms with Crippen molar-refractivity contribution in [3.05, 3.63) is 46.4 Å². The van der Waals surface area contributed by atoms with E-state index in [1.807, 2.05) is 42.8 Å². The number of para-hydroxylation sites is 1. The third-order valence-electron chi connectivity index (χ3n) is 3.54. The van der Waals surface area contributed by atoms with Crippen LogP contribution in [0.3, 0.4) is 0 Å². The van der Waals surface area contributed by atoms with E-state index in [2.05, 4.69) is 25.5 Å². The summed E-state index contributed by atoms with van der Waals surface area (Å²) in [4.78, 5) is 19.6. The first-order chi connectivity index (χ1) is 11.7. The molecule has 0 aliphatic carbocycles. The Balaban J connectivity index is 1.47. The van der Waals surface area contributed by atoms with Gasteiger partial charge in [0, 0.05) is 22.5 Å². The summed E-state index contributed by atoms with van der Waals surface area (Å²) in [6.45, 7) is 1.90. The minimum Gasteiger partial charge on any atom is -0.401 e. The molecule has 4 rings (SSSR count). The maximum absolute atomic E-state index is 12.2. The maximum Gasteiger partial charge on any atom is 0.322 e. The second kappa shape index (κ2) is 5.89. The molecular formula is C16H13N5O2S. The number of amides is 1. The number of anilines is 1. The molecule has 1 amide bonds. The van der Waals surface area contributed by atoms with Crippen LogP contribution in [0.5, 0.6) is 0 Å². The van der Waals surface area contributed by atoms with Gasteiger partial charge in [0.05, 0.1) is 11.4 Å². The number of thiazole rings is 1. The molecule has 7 nitrogen and oxygen atoms in total. The van der Waals surface area contributed by atoms with Crippen molar-refractivity contribution in [2.24, 2.45) is 0 Å². The molecule has 0 unspecified atom stereocenters. The van der Waals surface area contributed by atoms with E-state index in [0.29, 0.717) is 11.6 Å². The fraction of sp³-hybridized carbons (Fsp3) is 0.125.